The van der Waals surface area contributed by atoms with Crippen LogP contribution in [-0.4, -0.2) is 24.9 Å². The summed E-state index contributed by atoms with van der Waals surface area (Å²) in [7, 11) is 0. The van der Waals surface area contributed by atoms with Crippen molar-refractivity contribution < 1.29 is 9.47 Å². The summed E-state index contributed by atoms with van der Waals surface area (Å²) in [5.74, 6) is 2.56. The summed E-state index contributed by atoms with van der Waals surface area (Å²) >= 11 is 0. The molecule has 2 fully saturated rings. The molecule has 2 aliphatic rings. The van der Waals surface area contributed by atoms with Gasteiger partial charge in [-0.05, 0) is 12.8 Å². The quantitative estimate of drug-likeness (QED) is 0.694. The van der Waals surface area contributed by atoms with Crippen molar-refractivity contribution in [1.82, 2.24) is 0 Å². The first-order valence-electron chi connectivity index (χ1n) is 8.54. The first-order valence-corrected chi connectivity index (χ1v) is 8.54. The summed E-state index contributed by atoms with van der Waals surface area (Å²) in [6, 6.07) is 0. The molecule has 1 spiro atoms. The minimum absolute atomic E-state index is 0.0957. The first kappa shape index (κ1) is 15.9. The van der Waals surface area contributed by atoms with Crippen molar-refractivity contribution in [3.8, 4) is 12.3 Å². The van der Waals surface area contributed by atoms with E-state index in [-0.39, 0.29) is 11.7 Å². The van der Waals surface area contributed by atoms with E-state index in [0.29, 0.717) is 6.61 Å². The lowest BCUT2D eigenvalue weighted by Gasteiger charge is -2.29. The van der Waals surface area contributed by atoms with Crippen molar-refractivity contribution in [2.75, 3.05) is 13.2 Å². The Morgan fingerprint density at radius 1 is 0.950 bits per heavy atom. The van der Waals surface area contributed by atoms with Crippen LogP contribution < -0.4 is 0 Å². The van der Waals surface area contributed by atoms with Crippen molar-refractivity contribution in [2.24, 2.45) is 0 Å². The average Bonchev–Trinajstić information content (AvgIpc) is 2.85. The van der Waals surface area contributed by atoms with Gasteiger partial charge in [0.1, 0.15) is 6.61 Å². The maximum atomic E-state index is 6.20. The highest BCUT2D eigenvalue weighted by Gasteiger charge is 2.39. The maximum absolute atomic E-state index is 6.20. The molecule has 0 aromatic rings. The summed E-state index contributed by atoms with van der Waals surface area (Å²) in [5.41, 5.74) is 0.0957. The van der Waals surface area contributed by atoms with E-state index >= 15 is 0 Å². The van der Waals surface area contributed by atoms with Crippen molar-refractivity contribution in [1.29, 1.82) is 0 Å². The molecule has 1 atom stereocenters. The molecule has 0 bridgehead atoms. The Balaban J connectivity index is 1.84. The highest BCUT2D eigenvalue weighted by atomic mass is 16.6. The molecule has 0 N–H and O–H groups in total. The lowest BCUT2D eigenvalue weighted by molar-refractivity contribution is -0.0175. The van der Waals surface area contributed by atoms with Gasteiger partial charge in [0.25, 0.3) is 0 Å². The van der Waals surface area contributed by atoms with Gasteiger partial charge in [-0.1, -0.05) is 63.7 Å². The molecule has 1 saturated heterocycles. The van der Waals surface area contributed by atoms with E-state index in [1.54, 1.807) is 0 Å². The Kier molecular flexibility index (Phi) is 6.90. The highest BCUT2D eigenvalue weighted by molar-refractivity contribution is 4.91. The Morgan fingerprint density at radius 3 is 2.05 bits per heavy atom. The molecule has 114 valence electrons. The van der Waals surface area contributed by atoms with E-state index in [9.17, 15) is 0 Å². The maximum Gasteiger partial charge on any atom is 0.107 e. The monoisotopic (exact) mass is 278 g/mol. The zero-order chi connectivity index (χ0) is 14.1. The normalized spacial score (nSPS) is 28.4. The average molecular weight is 278 g/mol. The van der Waals surface area contributed by atoms with E-state index in [4.69, 9.17) is 15.9 Å². The van der Waals surface area contributed by atoms with Crippen molar-refractivity contribution in [3.63, 3.8) is 0 Å². The molecule has 0 aromatic heterocycles. The largest absolute Gasteiger partial charge is 0.372 e. The summed E-state index contributed by atoms with van der Waals surface area (Å²) in [6.45, 7) is 1.16. The lowest BCUT2D eigenvalue weighted by atomic mass is 9.86. The molecular weight excluding hydrogens is 248 g/mol. The molecule has 2 rings (SSSR count). The molecule has 0 radical (unpaired) electrons. The van der Waals surface area contributed by atoms with Crippen molar-refractivity contribution in [3.05, 3.63) is 0 Å². The number of hydrogen-bond acceptors (Lipinski definition) is 2. The Bertz CT molecular complexity index is 293. The second-order valence-electron chi connectivity index (χ2n) is 6.52. The summed E-state index contributed by atoms with van der Waals surface area (Å²) in [4.78, 5) is 0. The molecule has 0 aromatic carbocycles. The van der Waals surface area contributed by atoms with Crippen LogP contribution in [0.15, 0.2) is 0 Å². The van der Waals surface area contributed by atoms with E-state index < -0.39 is 0 Å². The van der Waals surface area contributed by atoms with Gasteiger partial charge >= 0.3 is 0 Å². The molecule has 1 aliphatic carbocycles. The first-order chi connectivity index (χ1) is 9.85. The Hall–Kier alpha value is -0.520. The second kappa shape index (κ2) is 8.70. The molecule has 20 heavy (non-hydrogen) atoms. The number of terminal acetylenes is 1. The van der Waals surface area contributed by atoms with Crippen LogP contribution in [0.3, 0.4) is 0 Å². The topological polar surface area (TPSA) is 18.5 Å². The summed E-state index contributed by atoms with van der Waals surface area (Å²) < 4.78 is 11.9. The van der Waals surface area contributed by atoms with E-state index in [2.05, 4.69) is 5.92 Å². The molecule has 0 amide bonds. The van der Waals surface area contributed by atoms with Gasteiger partial charge in [0.05, 0.1) is 18.3 Å². The molecule has 2 heteroatoms. The molecule has 1 unspecified atom stereocenters. The van der Waals surface area contributed by atoms with E-state index in [1.165, 1.54) is 70.6 Å². The fourth-order valence-electron chi connectivity index (χ4n) is 3.68. The van der Waals surface area contributed by atoms with Gasteiger partial charge in [0.2, 0.25) is 0 Å². The third-order valence-corrected chi connectivity index (χ3v) is 4.84. The van der Waals surface area contributed by atoms with Crippen LogP contribution in [0.2, 0.25) is 0 Å². The van der Waals surface area contributed by atoms with Crippen molar-refractivity contribution >= 4 is 0 Å². The van der Waals surface area contributed by atoms with Gasteiger partial charge in [-0.15, -0.1) is 6.42 Å². The lowest BCUT2D eigenvalue weighted by Crippen LogP contribution is -2.28. The molecule has 2 nitrogen and oxygen atoms in total. The van der Waals surface area contributed by atoms with Crippen LogP contribution in [0.1, 0.15) is 77.0 Å². The highest BCUT2D eigenvalue weighted by Crippen LogP contribution is 2.37. The van der Waals surface area contributed by atoms with Gasteiger partial charge < -0.3 is 9.47 Å². The van der Waals surface area contributed by atoms with Gasteiger partial charge in [-0.2, -0.15) is 0 Å². The number of ether oxygens (including phenoxy) is 2. The molecule has 1 heterocycles. The predicted molar refractivity (Wildman–Crippen MR) is 82.7 cm³/mol. The Morgan fingerprint density at radius 2 is 1.50 bits per heavy atom. The van der Waals surface area contributed by atoms with Crippen LogP contribution in [0.4, 0.5) is 0 Å². The number of rotatable bonds is 2. The van der Waals surface area contributed by atoms with E-state index in [0.717, 1.165) is 13.0 Å². The molecular formula is C18H30O2. The molecule has 1 aliphatic heterocycles. The molecule has 1 saturated carbocycles. The van der Waals surface area contributed by atoms with Crippen LogP contribution in [-0.2, 0) is 9.47 Å². The fourth-order valence-corrected chi connectivity index (χ4v) is 3.68. The van der Waals surface area contributed by atoms with Gasteiger partial charge in [-0.25, -0.2) is 0 Å². The van der Waals surface area contributed by atoms with E-state index in [1.807, 2.05) is 0 Å². The predicted octanol–water partition coefficient (Wildman–Crippen LogP) is 4.47. The summed E-state index contributed by atoms with van der Waals surface area (Å²) in [6.07, 6.45) is 21.4. The zero-order valence-corrected chi connectivity index (χ0v) is 12.9. The van der Waals surface area contributed by atoms with Gasteiger partial charge in [-0.3, -0.25) is 0 Å². The number of hydrogen-bond donors (Lipinski definition) is 0. The fraction of sp³-hybridized carbons (Fsp3) is 0.889. The minimum atomic E-state index is 0.0957. The van der Waals surface area contributed by atoms with Crippen LogP contribution >= 0.6 is 0 Å². The minimum Gasteiger partial charge on any atom is -0.372 e. The zero-order valence-electron chi connectivity index (χ0n) is 12.9. The third-order valence-electron chi connectivity index (χ3n) is 4.84. The second-order valence-corrected chi connectivity index (χ2v) is 6.52. The van der Waals surface area contributed by atoms with Crippen LogP contribution in [0.5, 0.6) is 0 Å². The third kappa shape index (κ3) is 5.11. The summed E-state index contributed by atoms with van der Waals surface area (Å²) in [5, 5.41) is 0. The van der Waals surface area contributed by atoms with Crippen LogP contribution in [0, 0.1) is 12.3 Å². The standard InChI is InChI=1S/C18H30O2/c1-2-14-19-17-15-18(20-16-17)12-10-8-6-4-3-5-7-9-11-13-18/h1,17H,3-16H2. The van der Waals surface area contributed by atoms with Crippen LogP contribution in [0.25, 0.3) is 0 Å². The smallest absolute Gasteiger partial charge is 0.107 e. The van der Waals surface area contributed by atoms with Gasteiger partial charge in [0.15, 0.2) is 0 Å². The van der Waals surface area contributed by atoms with Gasteiger partial charge in [0, 0.05) is 6.42 Å². The SMILES string of the molecule is C#CCOC1COC2(CCCCCCCCCCC2)C1. The Labute approximate surface area is 124 Å². The van der Waals surface area contributed by atoms with Crippen molar-refractivity contribution in [2.45, 2.75) is 88.8 Å².